The number of carbonyl (C=O) groups is 2. The largest absolute Gasteiger partial charge is 0.293 e. The number of hydrogen-bond acceptors (Lipinski definition) is 3. The maximum atomic E-state index is 13.0. The van der Waals surface area contributed by atoms with E-state index in [1.54, 1.807) is 0 Å². The lowest BCUT2D eigenvalue weighted by molar-refractivity contribution is -0.123. The van der Waals surface area contributed by atoms with Crippen LogP contribution in [0.4, 0.5) is 4.79 Å². The Morgan fingerprint density at radius 3 is 2.14 bits per heavy atom. The standard InChI is InChI=1S/C25H17NO2S/c27-24-23(15-19-11-5-9-17-7-1-3-13-21(17)19)29-25(28)26(24)16-20-12-6-10-18-8-2-4-14-22(18)20/h1-15H,16H2/b23-15+. The second kappa shape index (κ2) is 7.22. The summed E-state index contributed by atoms with van der Waals surface area (Å²) in [4.78, 5) is 27.4. The average molecular weight is 395 g/mol. The van der Waals surface area contributed by atoms with Crippen LogP contribution in [0.15, 0.2) is 89.8 Å². The molecule has 0 radical (unpaired) electrons. The Labute approximate surface area is 172 Å². The number of fused-ring (bicyclic) bond motifs is 2. The molecule has 0 saturated carbocycles. The molecular formula is C25H17NO2S. The van der Waals surface area contributed by atoms with Crippen molar-refractivity contribution >= 4 is 50.5 Å². The second-order valence-electron chi connectivity index (χ2n) is 6.97. The van der Waals surface area contributed by atoms with Crippen molar-refractivity contribution in [3.8, 4) is 0 Å². The highest BCUT2D eigenvalue weighted by molar-refractivity contribution is 8.18. The van der Waals surface area contributed by atoms with Gasteiger partial charge in [0.1, 0.15) is 0 Å². The second-order valence-corrected chi connectivity index (χ2v) is 7.97. The number of carbonyl (C=O) groups excluding carboxylic acids is 2. The zero-order chi connectivity index (χ0) is 19.8. The summed E-state index contributed by atoms with van der Waals surface area (Å²) in [6, 6.07) is 28.0. The van der Waals surface area contributed by atoms with Crippen molar-refractivity contribution < 1.29 is 9.59 Å². The molecule has 5 rings (SSSR count). The molecule has 4 aromatic rings. The van der Waals surface area contributed by atoms with Gasteiger partial charge < -0.3 is 0 Å². The smallest absolute Gasteiger partial charge is 0.268 e. The number of benzene rings is 4. The molecule has 0 spiro atoms. The van der Waals surface area contributed by atoms with Crippen LogP contribution in [0.2, 0.25) is 0 Å². The van der Waals surface area contributed by atoms with Gasteiger partial charge in [-0.1, -0.05) is 84.9 Å². The number of imide groups is 1. The lowest BCUT2D eigenvalue weighted by atomic mass is 10.0. The summed E-state index contributed by atoms with van der Waals surface area (Å²) in [5.74, 6) is -0.235. The monoisotopic (exact) mass is 395 g/mol. The Kier molecular flexibility index (Phi) is 4.41. The molecule has 1 aliphatic rings. The first-order chi connectivity index (χ1) is 14.2. The molecular weight excluding hydrogens is 378 g/mol. The summed E-state index contributed by atoms with van der Waals surface area (Å²) < 4.78 is 0. The van der Waals surface area contributed by atoms with E-state index in [0.29, 0.717) is 4.91 Å². The van der Waals surface area contributed by atoms with Crippen molar-refractivity contribution in [1.82, 2.24) is 4.90 Å². The van der Waals surface area contributed by atoms with Gasteiger partial charge >= 0.3 is 0 Å². The predicted molar refractivity (Wildman–Crippen MR) is 119 cm³/mol. The Bertz CT molecular complexity index is 1300. The van der Waals surface area contributed by atoms with E-state index < -0.39 is 0 Å². The van der Waals surface area contributed by atoms with Gasteiger partial charge in [-0.2, -0.15) is 0 Å². The summed E-state index contributed by atoms with van der Waals surface area (Å²) >= 11 is 1.01. The Morgan fingerprint density at radius 2 is 1.34 bits per heavy atom. The molecule has 1 saturated heterocycles. The van der Waals surface area contributed by atoms with Gasteiger partial charge in [-0.3, -0.25) is 14.5 Å². The van der Waals surface area contributed by atoms with E-state index in [0.717, 1.165) is 44.4 Å². The first-order valence-corrected chi connectivity index (χ1v) is 10.2. The Morgan fingerprint density at radius 1 is 0.724 bits per heavy atom. The molecule has 140 valence electrons. The molecule has 1 heterocycles. The van der Waals surface area contributed by atoms with Crippen LogP contribution in [-0.4, -0.2) is 16.0 Å². The zero-order valence-corrected chi connectivity index (χ0v) is 16.4. The van der Waals surface area contributed by atoms with Crippen molar-refractivity contribution in [3.05, 3.63) is 101 Å². The van der Waals surface area contributed by atoms with Crippen molar-refractivity contribution in [2.45, 2.75) is 6.54 Å². The molecule has 0 bridgehead atoms. The van der Waals surface area contributed by atoms with Gasteiger partial charge in [-0.05, 0) is 50.5 Å². The van der Waals surface area contributed by atoms with E-state index in [1.807, 2.05) is 91.0 Å². The van der Waals surface area contributed by atoms with Crippen LogP contribution < -0.4 is 0 Å². The first kappa shape index (κ1) is 17.7. The minimum Gasteiger partial charge on any atom is -0.268 e. The number of thioether (sulfide) groups is 1. The molecule has 2 amide bonds. The average Bonchev–Trinajstić information content (AvgIpc) is 3.02. The van der Waals surface area contributed by atoms with Crippen molar-refractivity contribution in [3.63, 3.8) is 0 Å². The van der Waals surface area contributed by atoms with Gasteiger partial charge in [0.25, 0.3) is 11.1 Å². The minimum absolute atomic E-state index is 0.227. The van der Waals surface area contributed by atoms with Gasteiger partial charge in [-0.25, -0.2) is 0 Å². The van der Waals surface area contributed by atoms with E-state index in [4.69, 9.17) is 0 Å². The topological polar surface area (TPSA) is 37.4 Å². The fraction of sp³-hybridized carbons (Fsp3) is 0.0400. The predicted octanol–water partition coefficient (Wildman–Crippen LogP) is 6.23. The highest BCUT2D eigenvalue weighted by atomic mass is 32.2. The summed E-state index contributed by atoms with van der Waals surface area (Å²) in [7, 11) is 0. The van der Waals surface area contributed by atoms with Crippen molar-refractivity contribution in [1.29, 1.82) is 0 Å². The van der Waals surface area contributed by atoms with Crippen LogP contribution in [0.5, 0.6) is 0 Å². The SMILES string of the molecule is O=C1S/C(=C/c2cccc3ccccc23)C(=O)N1Cc1cccc2ccccc12. The normalized spacial score (nSPS) is 15.7. The van der Waals surface area contributed by atoms with E-state index >= 15 is 0 Å². The van der Waals surface area contributed by atoms with Gasteiger partial charge in [0.15, 0.2) is 0 Å². The summed E-state index contributed by atoms with van der Waals surface area (Å²) in [5, 5.41) is 4.11. The fourth-order valence-corrected chi connectivity index (χ4v) is 4.58. The molecule has 3 nitrogen and oxygen atoms in total. The number of amides is 2. The third kappa shape index (κ3) is 3.22. The molecule has 1 aliphatic heterocycles. The molecule has 29 heavy (non-hydrogen) atoms. The van der Waals surface area contributed by atoms with Crippen molar-refractivity contribution in [2.24, 2.45) is 0 Å². The zero-order valence-electron chi connectivity index (χ0n) is 15.5. The maximum Gasteiger partial charge on any atom is 0.293 e. The first-order valence-electron chi connectivity index (χ1n) is 9.40. The quantitative estimate of drug-likeness (QED) is 0.386. The summed E-state index contributed by atoms with van der Waals surface area (Å²) in [5.41, 5.74) is 1.91. The van der Waals surface area contributed by atoms with Gasteiger partial charge in [0, 0.05) is 0 Å². The van der Waals surface area contributed by atoms with E-state index in [1.165, 1.54) is 4.90 Å². The highest BCUT2D eigenvalue weighted by Gasteiger charge is 2.35. The van der Waals surface area contributed by atoms with Crippen LogP contribution in [0.1, 0.15) is 11.1 Å². The molecule has 0 unspecified atom stereocenters. The molecule has 0 N–H and O–H groups in total. The minimum atomic E-state index is -0.235. The fourth-order valence-electron chi connectivity index (χ4n) is 3.75. The summed E-state index contributed by atoms with van der Waals surface area (Å²) in [6.07, 6.45) is 1.83. The third-order valence-corrected chi connectivity index (χ3v) is 6.10. The highest BCUT2D eigenvalue weighted by Crippen LogP contribution is 2.35. The maximum absolute atomic E-state index is 13.0. The summed E-state index contributed by atoms with van der Waals surface area (Å²) in [6.45, 7) is 0.277. The Balaban J connectivity index is 1.49. The molecule has 0 atom stereocenters. The lowest BCUT2D eigenvalue weighted by Crippen LogP contribution is -2.27. The number of nitrogens with zero attached hydrogens (tertiary/aromatic N) is 1. The van der Waals surface area contributed by atoms with Gasteiger partial charge in [0.05, 0.1) is 11.4 Å². The molecule has 4 aromatic carbocycles. The van der Waals surface area contributed by atoms with E-state index in [2.05, 4.69) is 0 Å². The Hall–Kier alpha value is -3.37. The van der Waals surface area contributed by atoms with Crippen LogP contribution in [0.3, 0.4) is 0 Å². The number of rotatable bonds is 3. The van der Waals surface area contributed by atoms with Crippen molar-refractivity contribution in [2.75, 3.05) is 0 Å². The van der Waals surface area contributed by atoms with Gasteiger partial charge in [0.2, 0.25) is 0 Å². The molecule has 4 heteroatoms. The van der Waals surface area contributed by atoms with Gasteiger partial charge in [-0.15, -0.1) is 0 Å². The van der Waals surface area contributed by atoms with Crippen LogP contribution >= 0.6 is 11.8 Å². The van der Waals surface area contributed by atoms with Crippen LogP contribution in [0, 0.1) is 0 Å². The van der Waals surface area contributed by atoms with Crippen LogP contribution in [0.25, 0.3) is 27.6 Å². The van der Waals surface area contributed by atoms with Crippen LogP contribution in [-0.2, 0) is 11.3 Å². The molecule has 0 aliphatic carbocycles. The number of hydrogen-bond donors (Lipinski definition) is 0. The molecule has 0 aromatic heterocycles. The van der Waals surface area contributed by atoms with E-state index in [-0.39, 0.29) is 17.7 Å². The molecule has 1 fully saturated rings. The third-order valence-electron chi connectivity index (χ3n) is 5.19. The lowest BCUT2D eigenvalue weighted by Gasteiger charge is -2.14. The van der Waals surface area contributed by atoms with E-state index in [9.17, 15) is 9.59 Å².